The van der Waals surface area contributed by atoms with E-state index in [4.69, 9.17) is 23.7 Å². The van der Waals surface area contributed by atoms with Crippen molar-refractivity contribution in [3.05, 3.63) is 35.9 Å². The highest BCUT2D eigenvalue weighted by Crippen LogP contribution is 2.28. The highest BCUT2D eigenvalue weighted by atomic mass is 16.7. The van der Waals surface area contributed by atoms with Crippen LogP contribution in [0.1, 0.15) is 44.0 Å². The van der Waals surface area contributed by atoms with E-state index in [1.807, 2.05) is 13.8 Å². The summed E-state index contributed by atoms with van der Waals surface area (Å²) >= 11 is 0. The van der Waals surface area contributed by atoms with Crippen molar-refractivity contribution < 1.29 is 54.0 Å². The maximum absolute atomic E-state index is 12.6. The first-order valence-electron chi connectivity index (χ1n) is 12.3. The van der Waals surface area contributed by atoms with Gasteiger partial charge in [-0.2, -0.15) is 0 Å². The molecule has 2 heterocycles. The number of esters is 1. The molecular formula is C25H38O11. The summed E-state index contributed by atoms with van der Waals surface area (Å²) in [6.07, 6.45) is -10.1. The van der Waals surface area contributed by atoms with E-state index in [-0.39, 0.29) is 18.9 Å². The van der Waals surface area contributed by atoms with Gasteiger partial charge in [-0.3, -0.25) is 0 Å². The molecule has 2 aliphatic rings. The van der Waals surface area contributed by atoms with Crippen LogP contribution in [0.3, 0.4) is 0 Å². The van der Waals surface area contributed by atoms with Crippen LogP contribution in [0.5, 0.6) is 0 Å². The van der Waals surface area contributed by atoms with Crippen LogP contribution in [-0.4, -0.2) is 106 Å². The molecule has 2 saturated heterocycles. The number of aliphatic hydroxyl groups excluding tert-OH is 5. The topological polar surface area (TPSA) is 164 Å². The molecule has 11 nitrogen and oxygen atoms in total. The Labute approximate surface area is 210 Å². The molecule has 2 fully saturated rings. The van der Waals surface area contributed by atoms with Gasteiger partial charge in [-0.05, 0) is 25.0 Å². The zero-order chi connectivity index (χ0) is 26.4. The van der Waals surface area contributed by atoms with Crippen molar-refractivity contribution in [2.75, 3.05) is 13.2 Å². The Hall–Kier alpha value is -1.67. The average molecular weight is 515 g/mol. The van der Waals surface area contributed by atoms with Crippen LogP contribution in [0.15, 0.2) is 30.3 Å². The Bertz CT molecular complexity index is 808. The third kappa shape index (κ3) is 7.00. The van der Waals surface area contributed by atoms with E-state index in [2.05, 4.69) is 0 Å². The summed E-state index contributed by atoms with van der Waals surface area (Å²) in [6, 6.07) is 8.37. The number of hydrogen-bond donors (Lipinski definition) is 5. The highest BCUT2D eigenvalue weighted by molar-refractivity contribution is 5.89. The van der Waals surface area contributed by atoms with E-state index in [1.54, 1.807) is 37.3 Å². The lowest BCUT2D eigenvalue weighted by atomic mass is 9.99. The fourth-order valence-electron chi connectivity index (χ4n) is 4.13. The molecule has 11 atom stereocenters. The standard InChI is InChI=1S/C25H38O11/c1-4-13(2)19(36-25-22(30)21(29)20(28)14(3)33-25)12-32-24-17(10-16(27)18(11-26)35-24)34-23(31)15-8-6-5-7-9-15/h5-9,13-14,16-22,24-30H,4,10-12H2,1-3H3. The van der Waals surface area contributed by atoms with E-state index in [0.29, 0.717) is 12.0 Å². The molecule has 1 aromatic carbocycles. The maximum Gasteiger partial charge on any atom is 0.338 e. The summed E-state index contributed by atoms with van der Waals surface area (Å²) in [4.78, 5) is 12.6. The second-order valence-corrected chi connectivity index (χ2v) is 9.41. The minimum Gasteiger partial charge on any atom is -0.453 e. The molecule has 1 aromatic rings. The molecule has 2 aliphatic heterocycles. The van der Waals surface area contributed by atoms with E-state index >= 15 is 0 Å². The summed E-state index contributed by atoms with van der Waals surface area (Å²) in [5.74, 6) is -0.685. The first kappa shape index (κ1) is 28.9. The molecule has 0 bridgehead atoms. The molecular weight excluding hydrogens is 476 g/mol. The van der Waals surface area contributed by atoms with Crippen molar-refractivity contribution in [3.8, 4) is 0 Å². The van der Waals surface area contributed by atoms with Gasteiger partial charge in [0.1, 0.15) is 24.4 Å². The van der Waals surface area contributed by atoms with Crippen LogP contribution >= 0.6 is 0 Å². The molecule has 0 aliphatic carbocycles. The number of aliphatic hydroxyl groups is 5. The van der Waals surface area contributed by atoms with Crippen LogP contribution in [0.4, 0.5) is 0 Å². The number of hydrogen-bond acceptors (Lipinski definition) is 11. The van der Waals surface area contributed by atoms with Crippen LogP contribution in [0, 0.1) is 5.92 Å². The average Bonchev–Trinajstić information content (AvgIpc) is 2.88. The first-order valence-corrected chi connectivity index (χ1v) is 12.3. The Morgan fingerprint density at radius 1 is 1.06 bits per heavy atom. The van der Waals surface area contributed by atoms with Gasteiger partial charge in [0.05, 0.1) is 37.1 Å². The van der Waals surface area contributed by atoms with Gasteiger partial charge in [-0.25, -0.2) is 4.79 Å². The van der Waals surface area contributed by atoms with Gasteiger partial charge in [-0.15, -0.1) is 0 Å². The fraction of sp³-hybridized carbons (Fsp3) is 0.720. The zero-order valence-corrected chi connectivity index (χ0v) is 20.8. The number of carbonyl (C=O) groups is 1. The molecule has 0 aromatic heterocycles. The third-order valence-corrected chi connectivity index (χ3v) is 6.78. The third-order valence-electron chi connectivity index (χ3n) is 6.78. The maximum atomic E-state index is 12.6. The molecule has 3 rings (SSSR count). The van der Waals surface area contributed by atoms with Crippen LogP contribution < -0.4 is 0 Å². The van der Waals surface area contributed by atoms with Crippen molar-refractivity contribution in [1.82, 2.24) is 0 Å². The van der Waals surface area contributed by atoms with Gasteiger partial charge in [0.25, 0.3) is 0 Å². The van der Waals surface area contributed by atoms with Crippen molar-refractivity contribution in [2.45, 2.75) is 95.0 Å². The summed E-state index contributed by atoms with van der Waals surface area (Å²) in [5.41, 5.74) is 0.328. The van der Waals surface area contributed by atoms with Gasteiger partial charge < -0.3 is 49.2 Å². The summed E-state index contributed by atoms with van der Waals surface area (Å²) in [7, 11) is 0. The van der Waals surface area contributed by atoms with Crippen molar-refractivity contribution in [3.63, 3.8) is 0 Å². The van der Waals surface area contributed by atoms with Gasteiger partial charge >= 0.3 is 5.97 Å². The lowest BCUT2D eigenvalue weighted by Gasteiger charge is -2.42. The van der Waals surface area contributed by atoms with E-state index < -0.39 is 74.0 Å². The Morgan fingerprint density at radius 3 is 2.39 bits per heavy atom. The number of benzene rings is 1. The van der Waals surface area contributed by atoms with Gasteiger partial charge in [0, 0.05) is 6.42 Å². The lowest BCUT2D eigenvalue weighted by molar-refractivity contribution is -0.320. The Morgan fingerprint density at radius 2 is 1.75 bits per heavy atom. The zero-order valence-electron chi connectivity index (χ0n) is 20.8. The van der Waals surface area contributed by atoms with Gasteiger partial charge in [0.15, 0.2) is 18.7 Å². The summed E-state index contributed by atoms with van der Waals surface area (Å²) in [6.45, 7) is 4.90. The second kappa shape index (κ2) is 13.2. The SMILES string of the molecule is CCC(C)C(COC1OC(CO)C(O)CC1OC(=O)c1ccccc1)OC1OC(C)C(O)C(O)C1O. The fourth-order valence-corrected chi connectivity index (χ4v) is 4.13. The monoisotopic (exact) mass is 514 g/mol. The highest BCUT2D eigenvalue weighted by Gasteiger charge is 2.44. The van der Waals surface area contributed by atoms with Crippen LogP contribution in [0.2, 0.25) is 0 Å². The number of rotatable bonds is 10. The quantitative estimate of drug-likeness (QED) is 0.266. The first-order chi connectivity index (χ1) is 17.2. The number of carbonyl (C=O) groups excluding carboxylic acids is 1. The van der Waals surface area contributed by atoms with E-state index in [1.165, 1.54) is 0 Å². The molecule has 11 heteroatoms. The normalized spacial score (nSPS) is 36.7. The van der Waals surface area contributed by atoms with Crippen molar-refractivity contribution >= 4 is 5.97 Å². The molecule has 0 spiro atoms. The summed E-state index contributed by atoms with van der Waals surface area (Å²) < 4.78 is 28.8. The Kier molecular flexibility index (Phi) is 10.6. The molecule has 36 heavy (non-hydrogen) atoms. The van der Waals surface area contributed by atoms with Crippen LogP contribution in [-0.2, 0) is 23.7 Å². The minimum atomic E-state index is -1.47. The Balaban J connectivity index is 1.69. The van der Waals surface area contributed by atoms with Gasteiger partial charge in [0.2, 0.25) is 0 Å². The molecule has 0 amide bonds. The largest absolute Gasteiger partial charge is 0.453 e. The summed E-state index contributed by atoms with van der Waals surface area (Å²) in [5, 5.41) is 50.3. The molecule has 0 saturated carbocycles. The molecule has 204 valence electrons. The van der Waals surface area contributed by atoms with Gasteiger partial charge in [-0.1, -0.05) is 38.5 Å². The number of ether oxygens (including phenoxy) is 5. The van der Waals surface area contributed by atoms with Crippen LogP contribution in [0.25, 0.3) is 0 Å². The molecule has 5 N–H and O–H groups in total. The van der Waals surface area contributed by atoms with Crippen molar-refractivity contribution in [1.29, 1.82) is 0 Å². The van der Waals surface area contributed by atoms with E-state index in [9.17, 15) is 30.3 Å². The predicted octanol–water partition coefficient (Wildman–Crippen LogP) is -0.0444. The molecule has 0 radical (unpaired) electrons. The minimum absolute atomic E-state index is 0.00460. The molecule has 11 unspecified atom stereocenters. The van der Waals surface area contributed by atoms with Crippen molar-refractivity contribution in [2.24, 2.45) is 5.92 Å². The second-order valence-electron chi connectivity index (χ2n) is 9.41. The lowest BCUT2D eigenvalue weighted by Crippen LogP contribution is -2.58. The smallest absolute Gasteiger partial charge is 0.338 e. The van der Waals surface area contributed by atoms with E-state index in [0.717, 1.165) is 0 Å². The predicted molar refractivity (Wildman–Crippen MR) is 125 cm³/mol.